The van der Waals surface area contributed by atoms with Crippen LogP contribution in [0.2, 0.25) is 0 Å². The third kappa shape index (κ3) is 5.70. The van der Waals surface area contributed by atoms with E-state index in [0.717, 1.165) is 0 Å². The molecule has 1 rings (SSSR count). The first kappa shape index (κ1) is 13.4. The van der Waals surface area contributed by atoms with E-state index in [0.29, 0.717) is 5.56 Å². The van der Waals surface area contributed by atoms with E-state index in [-0.39, 0.29) is 41.1 Å². The van der Waals surface area contributed by atoms with Crippen LogP contribution in [0, 0.1) is 5.82 Å². The predicted molar refractivity (Wildman–Crippen MR) is 55.2 cm³/mol. The van der Waals surface area contributed by atoms with E-state index in [4.69, 9.17) is 0 Å². The summed E-state index contributed by atoms with van der Waals surface area (Å²) < 4.78 is 33.7. The summed E-state index contributed by atoms with van der Waals surface area (Å²) in [4.78, 5) is 0. The van der Waals surface area contributed by atoms with Crippen LogP contribution in [0.1, 0.15) is 5.56 Å². The van der Waals surface area contributed by atoms with Crippen molar-refractivity contribution < 1.29 is 12.8 Å². The van der Waals surface area contributed by atoms with Gasteiger partial charge in [0.15, 0.2) is 0 Å². The van der Waals surface area contributed by atoms with Gasteiger partial charge in [0, 0.05) is 0 Å². The molecular weight excluding hydrogens is 222 g/mol. The van der Waals surface area contributed by atoms with Gasteiger partial charge in [0.1, 0.15) is 5.82 Å². The zero-order valence-corrected chi connectivity index (χ0v) is 7.78. The summed E-state index contributed by atoms with van der Waals surface area (Å²) in [5, 5.41) is 0. The molecule has 0 heterocycles. The van der Waals surface area contributed by atoms with Crippen LogP contribution in [-0.4, -0.2) is 38.0 Å². The fraction of sp³-hybridized carbons (Fsp3) is 0.143. The minimum absolute atomic E-state index is 0. The molecule has 0 unspecified atom stereocenters. The molecule has 0 aliphatic rings. The van der Waals surface area contributed by atoms with Crippen molar-refractivity contribution in [3.8, 4) is 0 Å². The van der Waals surface area contributed by atoms with Crippen molar-refractivity contribution in [3.05, 3.63) is 35.6 Å². The molecular formula is C7H8FNaO2S2. The van der Waals surface area contributed by atoms with Crippen LogP contribution in [0.15, 0.2) is 24.3 Å². The molecule has 1 aromatic carbocycles. The van der Waals surface area contributed by atoms with E-state index in [2.05, 4.69) is 11.7 Å². The van der Waals surface area contributed by atoms with Gasteiger partial charge in [-0.1, -0.05) is 12.1 Å². The second-order valence-electron chi connectivity index (χ2n) is 2.35. The molecule has 0 aromatic heterocycles. The first-order valence-electron chi connectivity index (χ1n) is 3.17. The summed E-state index contributed by atoms with van der Waals surface area (Å²) >= 11 is 3.37. The molecule has 0 aliphatic carbocycles. The summed E-state index contributed by atoms with van der Waals surface area (Å²) in [6.07, 6.45) is 0. The van der Waals surface area contributed by atoms with Gasteiger partial charge < -0.3 is 0 Å². The predicted octanol–water partition coefficient (Wildman–Crippen LogP) is 0.937. The monoisotopic (exact) mass is 230 g/mol. The fourth-order valence-electron chi connectivity index (χ4n) is 0.791. The van der Waals surface area contributed by atoms with Gasteiger partial charge in [-0.2, -0.15) is 0 Å². The van der Waals surface area contributed by atoms with Crippen LogP contribution in [0.4, 0.5) is 4.39 Å². The van der Waals surface area contributed by atoms with Crippen LogP contribution in [0.3, 0.4) is 0 Å². The SMILES string of the molecule is O=S(=O)(S)Cc1ccc(F)cc1.[NaH]. The number of benzene rings is 1. The van der Waals surface area contributed by atoms with E-state index >= 15 is 0 Å². The first-order chi connectivity index (χ1) is 5.47. The van der Waals surface area contributed by atoms with Crippen molar-refractivity contribution in [2.75, 3.05) is 0 Å². The Morgan fingerprint density at radius 1 is 1.23 bits per heavy atom. The average Bonchev–Trinajstić information content (AvgIpc) is 1.91. The van der Waals surface area contributed by atoms with Crippen LogP contribution in [-0.2, 0) is 14.6 Å². The summed E-state index contributed by atoms with van der Waals surface area (Å²) in [6, 6.07) is 5.27. The number of hydrogen-bond donors (Lipinski definition) is 1. The third-order valence-corrected chi connectivity index (χ3v) is 2.35. The van der Waals surface area contributed by atoms with Gasteiger partial charge in [0.2, 0.25) is 8.87 Å². The van der Waals surface area contributed by atoms with E-state index in [1.54, 1.807) is 0 Å². The van der Waals surface area contributed by atoms with E-state index in [9.17, 15) is 12.8 Å². The molecule has 0 bridgehead atoms. The van der Waals surface area contributed by atoms with Crippen molar-refractivity contribution in [2.24, 2.45) is 0 Å². The number of thiol groups is 1. The second-order valence-corrected chi connectivity index (χ2v) is 5.47. The molecule has 0 saturated heterocycles. The van der Waals surface area contributed by atoms with Gasteiger partial charge in [0.25, 0.3) is 0 Å². The van der Waals surface area contributed by atoms with Gasteiger partial charge in [-0.25, -0.2) is 12.8 Å². The Morgan fingerprint density at radius 2 is 1.69 bits per heavy atom. The van der Waals surface area contributed by atoms with E-state index in [1.165, 1.54) is 24.3 Å². The van der Waals surface area contributed by atoms with Crippen LogP contribution >= 0.6 is 11.7 Å². The Hall–Kier alpha value is 0.450. The number of rotatable bonds is 2. The molecule has 0 N–H and O–H groups in total. The Bertz CT molecular complexity index is 361. The molecule has 1 aromatic rings. The van der Waals surface area contributed by atoms with Gasteiger partial charge >= 0.3 is 29.6 Å². The third-order valence-electron chi connectivity index (χ3n) is 1.26. The van der Waals surface area contributed by atoms with Crippen LogP contribution < -0.4 is 0 Å². The summed E-state index contributed by atoms with van der Waals surface area (Å²) in [5.74, 6) is -0.550. The molecule has 0 fully saturated rings. The Balaban J connectivity index is 0.00000144. The van der Waals surface area contributed by atoms with Gasteiger partial charge in [-0.15, -0.1) is 0 Å². The second kappa shape index (κ2) is 5.36. The van der Waals surface area contributed by atoms with Crippen LogP contribution in [0.25, 0.3) is 0 Å². The van der Waals surface area contributed by atoms with Crippen molar-refractivity contribution in [3.63, 3.8) is 0 Å². The average molecular weight is 230 g/mol. The Labute approximate surface area is 104 Å². The topological polar surface area (TPSA) is 34.1 Å². The van der Waals surface area contributed by atoms with Crippen molar-refractivity contribution >= 4 is 50.1 Å². The zero-order chi connectivity index (χ0) is 9.19. The van der Waals surface area contributed by atoms with Gasteiger partial charge in [0.05, 0.1) is 5.75 Å². The fourth-order valence-corrected chi connectivity index (χ4v) is 1.85. The Kier molecular flexibility index (Phi) is 5.55. The molecule has 0 amide bonds. The molecule has 0 aliphatic heterocycles. The Morgan fingerprint density at radius 3 is 2.08 bits per heavy atom. The van der Waals surface area contributed by atoms with Crippen LogP contribution in [0.5, 0.6) is 0 Å². The molecule has 0 radical (unpaired) electrons. The molecule has 0 spiro atoms. The minimum atomic E-state index is -3.32. The molecule has 0 saturated carbocycles. The summed E-state index contributed by atoms with van der Waals surface area (Å²) in [7, 11) is -3.32. The van der Waals surface area contributed by atoms with Gasteiger partial charge in [-0.05, 0) is 29.4 Å². The molecule has 13 heavy (non-hydrogen) atoms. The van der Waals surface area contributed by atoms with E-state index < -0.39 is 8.87 Å². The van der Waals surface area contributed by atoms with Crippen molar-refractivity contribution in [2.45, 2.75) is 5.75 Å². The standard InChI is InChI=1S/C7H7FO2S2.Na.H/c8-7-3-1-6(2-4-7)5-12(9,10)11;;/h1-4H,5H2,(H,9,10,11);;. The molecule has 0 atom stereocenters. The number of hydrogen-bond acceptors (Lipinski definition) is 2. The van der Waals surface area contributed by atoms with Crippen molar-refractivity contribution in [1.82, 2.24) is 0 Å². The maximum absolute atomic E-state index is 12.4. The molecule has 6 heteroatoms. The summed E-state index contributed by atoms with van der Waals surface area (Å²) in [6.45, 7) is 0. The van der Waals surface area contributed by atoms with E-state index in [1.807, 2.05) is 0 Å². The quantitative estimate of drug-likeness (QED) is 0.466. The van der Waals surface area contributed by atoms with Crippen molar-refractivity contribution in [1.29, 1.82) is 0 Å². The molecule has 68 valence electrons. The molecule has 2 nitrogen and oxygen atoms in total. The normalized spacial score (nSPS) is 10.6. The zero-order valence-electron chi connectivity index (χ0n) is 6.07. The maximum atomic E-state index is 12.4. The number of halogens is 1. The summed E-state index contributed by atoms with van der Waals surface area (Å²) in [5.41, 5.74) is 0.534. The first-order valence-corrected chi connectivity index (χ1v) is 5.87. The van der Waals surface area contributed by atoms with Gasteiger partial charge in [-0.3, -0.25) is 0 Å².